The van der Waals surface area contributed by atoms with E-state index >= 15 is 0 Å². The highest BCUT2D eigenvalue weighted by Gasteiger charge is 2.27. The van der Waals surface area contributed by atoms with Crippen molar-refractivity contribution in [2.24, 2.45) is 0 Å². The SMILES string of the molecule is CCn1c(N)c(N2CCCCC2CO)c(=O)[nH]c1=O. The number of aliphatic hydroxyl groups is 1. The first kappa shape index (κ1) is 13.7. The highest BCUT2D eigenvalue weighted by atomic mass is 16.3. The Morgan fingerprint density at radius 2 is 2.16 bits per heavy atom. The maximum absolute atomic E-state index is 12.0. The van der Waals surface area contributed by atoms with Crippen LogP contribution in [-0.2, 0) is 6.54 Å². The van der Waals surface area contributed by atoms with Gasteiger partial charge in [0, 0.05) is 13.1 Å². The number of aromatic nitrogens is 2. The normalized spacial score (nSPS) is 19.7. The summed E-state index contributed by atoms with van der Waals surface area (Å²) in [6, 6.07) is -0.111. The molecule has 1 fully saturated rings. The zero-order valence-corrected chi connectivity index (χ0v) is 11.1. The van der Waals surface area contributed by atoms with E-state index in [1.54, 1.807) is 6.92 Å². The summed E-state index contributed by atoms with van der Waals surface area (Å²) in [7, 11) is 0. The summed E-state index contributed by atoms with van der Waals surface area (Å²) < 4.78 is 1.33. The van der Waals surface area contributed by atoms with E-state index in [0.717, 1.165) is 19.3 Å². The van der Waals surface area contributed by atoms with Gasteiger partial charge in [-0.1, -0.05) is 0 Å². The van der Waals surface area contributed by atoms with Crippen molar-refractivity contribution in [1.82, 2.24) is 9.55 Å². The van der Waals surface area contributed by atoms with Crippen molar-refractivity contribution in [1.29, 1.82) is 0 Å². The molecule has 2 heterocycles. The van der Waals surface area contributed by atoms with E-state index in [9.17, 15) is 14.7 Å². The number of rotatable bonds is 3. The molecule has 2 rings (SSSR count). The van der Waals surface area contributed by atoms with Crippen molar-refractivity contribution in [2.75, 3.05) is 23.8 Å². The fourth-order valence-corrected chi connectivity index (χ4v) is 2.65. The zero-order valence-electron chi connectivity index (χ0n) is 11.1. The monoisotopic (exact) mass is 268 g/mol. The molecule has 1 aliphatic heterocycles. The minimum atomic E-state index is -0.494. The molecule has 0 bridgehead atoms. The fraction of sp³-hybridized carbons (Fsp3) is 0.667. The van der Waals surface area contributed by atoms with Gasteiger partial charge in [0.15, 0.2) is 0 Å². The maximum atomic E-state index is 12.0. The second-order valence-corrected chi connectivity index (χ2v) is 4.76. The highest BCUT2D eigenvalue weighted by molar-refractivity contribution is 5.63. The van der Waals surface area contributed by atoms with Crippen LogP contribution in [0.2, 0.25) is 0 Å². The number of nitrogen functional groups attached to an aromatic ring is 1. The summed E-state index contributed by atoms with van der Waals surface area (Å²) in [5.41, 5.74) is 5.30. The van der Waals surface area contributed by atoms with Crippen molar-refractivity contribution in [3.63, 3.8) is 0 Å². The van der Waals surface area contributed by atoms with Crippen LogP contribution in [0.3, 0.4) is 0 Å². The molecule has 0 aromatic carbocycles. The predicted octanol–water partition coefficient (Wildman–Crippen LogP) is -0.510. The molecule has 1 saturated heterocycles. The number of nitrogens with one attached hydrogen (secondary N) is 1. The number of H-pyrrole nitrogens is 1. The quantitative estimate of drug-likeness (QED) is 0.685. The predicted molar refractivity (Wildman–Crippen MR) is 73.5 cm³/mol. The van der Waals surface area contributed by atoms with Crippen LogP contribution in [0.1, 0.15) is 26.2 Å². The average Bonchev–Trinajstić information content (AvgIpc) is 2.39. The topological polar surface area (TPSA) is 104 Å². The number of nitrogens with zero attached hydrogens (tertiary/aromatic N) is 2. The minimum absolute atomic E-state index is 0.0237. The lowest BCUT2D eigenvalue weighted by atomic mass is 10.0. The van der Waals surface area contributed by atoms with Crippen LogP contribution in [-0.4, -0.2) is 33.9 Å². The fourth-order valence-electron chi connectivity index (χ4n) is 2.65. The maximum Gasteiger partial charge on any atom is 0.330 e. The molecule has 0 radical (unpaired) electrons. The van der Waals surface area contributed by atoms with Gasteiger partial charge in [0.05, 0.1) is 12.6 Å². The summed E-state index contributed by atoms with van der Waals surface area (Å²) in [6.45, 7) is 2.83. The number of aliphatic hydroxyl groups excluding tert-OH is 1. The molecule has 1 aliphatic rings. The average molecular weight is 268 g/mol. The third-order valence-electron chi connectivity index (χ3n) is 3.66. The second-order valence-electron chi connectivity index (χ2n) is 4.76. The molecule has 1 aromatic heterocycles. The number of anilines is 2. The standard InChI is InChI=1S/C12H20N4O3/c1-2-15-10(13)9(11(18)14-12(15)19)16-6-4-3-5-8(16)7-17/h8,17H,2-7,13H2,1H3,(H,14,18,19). The second kappa shape index (κ2) is 5.48. The van der Waals surface area contributed by atoms with Gasteiger partial charge in [-0.2, -0.15) is 0 Å². The summed E-state index contributed by atoms with van der Waals surface area (Å²) in [4.78, 5) is 27.8. The van der Waals surface area contributed by atoms with E-state index < -0.39 is 11.2 Å². The number of aromatic amines is 1. The molecule has 1 atom stereocenters. The largest absolute Gasteiger partial charge is 0.394 e. The van der Waals surface area contributed by atoms with Gasteiger partial charge in [0.25, 0.3) is 5.56 Å². The summed E-state index contributed by atoms with van der Waals surface area (Å²) in [6.07, 6.45) is 2.79. The molecule has 0 amide bonds. The van der Waals surface area contributed by atoms with Gasteiger partial charge >= 0.3 is 5.69 Å². The minimum Gasteiger partial charge on any atom is -0.394 e. The van der Waals surface area contributed by atoms with Crippen molar-refractivity contribution in [3.05, 3.63) is 20.8 Å². The number of hydrogen-bond donors (Lipinski definition) is 3. The summed E-state index contributed by atoms with van der Waals surface area (Å²) in [5, 5.41) is 9.42. The van der Waals surface area contributed by atoms with Gasteiger partial charge < -0.3 is 15.7 Å². The Hall–Kier alpha value is -1.76. The molecule has 0 spiro atoms. The van der Waals surface area contributed by atoms with Crippen LogP contribution in [0, 0.1) is 0 Å². The first-order valence-corrected chi connectivity index (χ1v) is 6.60. The third-order valence-corrected chi connectivity index (χ3v) is 3.66. The van der Waals surface area contributed by atoms with Crippen LogP contribution in [0.4, 0.5) is 11.5 Å². The van der Waals surface area contributed by atoms with E-state index in [4.69, 9.17) is 5.73 Å². The molecule has 19 heavy (non-hydrogen) atoms. The molecular formula is C12H20N4O3. The lowest BCUT2D eigenvalue weighted by molar-refractivity contribution is 0.240. The molecule has 7 nitrogen and oxygen atoms in total. The first-order valence-electron chi connectivity index (χ1n) is 6.60. The molecule has 7 heteroatoms. The Balaban J connectivity index is 2.55. The Morgan fingerprint density at radius 1 is 1.42 bits per heavy atom. The Morgan fingerprint density at radius 3 is 2.79 bits per heavy atom. The van der Waals surface area contributed by atoms with E-state index in [2.05, 4.69) is 4.98 Å². The lowest BCUT2D eigenvalue weighted by Crippen LogP contribution is -2.47. The Kier molecular flexibility index (Phi) is 3.94. The first-order chi connectivity index (χ1) is 9.10. The van der Waals surface area contributed by atoms with Crippen LogP contribution in [0.5, 0.6) is 0 Å². The lowest BCUT2D eigenvalue weighted by Gasteiger charge is -2.36. The van der Waals surface area contributed by atoms with E-state index in [-0.39, 0.29) is 18.5 Å². The van der Waals surface area contributed by atoms with Gasteiger partial charge in [-0.05, 0) is 26.2 Å². The van der Waals surface area contributed by atoms with Crippen molar-refractivity contribution < 1.29 is 5.11 Å². The molecule has 4 N–H and O–H groups in total. The molecule has 1 aromatic rings. The van der Waals surface area contributed by atoms with Gasteiger partial charge in [0.2, 0.25) is 0 Å². The highest BCUT2D eigenvalue weighted by Crippen LogP contribution is 2.25. The van der Waals surface area contributed by atoms with Gasteiger partial charge in [-0.25, -0.2) is 4.79 Å². The van der Waals surface area contributed by atoms with Crippen LogP contribution < -0.4 is 21.9 Å². The Bertz CT molecular complexity index is 563. The molecule has 106 valence electrons. The van der Waals surface area contributed by atoms with Crippen LogP contribution >= 0.6 is 0 Å². The number of hydrogen-bond acceptors (Lipinski definition) is 5. The Labute approximate surface area is 110 Å². The zero-order chi connectivity index (χ0) is 14.0. The smallest absolute Gasteiger partial charge is 0.330 e. The van der Waals surface area contributed by atoms with Gasteiger partial charge in [-0.15, -0.1) is 0 Å². The van der Waals surface area contributed by atoms with Gasteiger partial charge in [0.1, 0.15) is 11.5 Å². The van der Waals surface area contributed by atoms with Crippen molar-refractivity contribution in [3.8, 4) is 0 Å². The van der Waals surface area contributed by atoms with E-state index in [1.807, 2.05) is 4.90 Å². The number of piperidine rings is 1. The van der Waals surface area contributed by atoms with Crippen molar-refractivity contribution >= 4 is 11.5 Å². The molecular weight excluding hydrogens is 248 g/mol. The van der Waals surface area contributed by atoms with Crippen LogP contribution in [0.15, 0.2) is 9.59 Å². The summed E-state index contributed by atoms with van der Waals surface area (Å²) in [5.74, 6) is 0.177. The van der Waals surface area contributed by atoms with E-state index in [0.29, 0.717) is 18.8 Å². The van der Waals surface area contributed by atoms with Crippen LogP contribution in [0.25, 0.3) is 0 Å². The molecule has 1 unspecified atom stereocenters. The van der Waals surface area contributed by atoms with E-state index in [1.165, 1.54) is 4.57 Å². The summed E-state index contributed by atoms with van der Waals surface area (Å²) >= 11 is 0. The molecule has 0 aliphatic carbocycles. The van der Waals surface area contributed by atoms with Crippen molar-refractivity contribution in [2.45, 2.75) is 38.8 Å². The number of nitrogens with two attached hydrogens (primary N) is 1. The molecule has 0 saturated carbocycles. The third kappa shape index (κ3) is 2.37. The van der Waals surface area contributed by atoms with Gasteiger partial charge in [-0.3, -0.25) is 14.3 Å².